The zero-order chi connectivity index (χ0) is 15.0. The van der Waals surface area contributed by atoms with E-state index in [1.165, 1.54) is 0 Å². The molecule has 0 bridgehead atoms. The van der Waals surface area contributed by atoms with E-state index in [1.807, 2.05) is 11.8 Å². The zero-order valence-corrected chi connectivity index (χ0v) is 13.4. The number of carbonyl (C=O) groups is 2. The predicted octanol–water partition coefficient (Wildman–Crippen LogP) is 1.26. The molecule has 2 aliphatic rings. The molecule has 0 aliphatic carbocycles. The first kappa shape index (κ1) is 16.6. The standard InChI is InChI=1S/C15H19N3O3.ClH/c1-9-10(2)18(6-5-16-9)15(20)11-3-4-13-12(7-11)17-14(19)8-21-13;/h3-4,7,9-10,16H,5-6,8H2,1-2H3,(H,17,19);1H. The molecule has 1 saturated heterocycles. The number of anilines is 1. The van der Waals surface area contributed by atoms with Gasteiger partial charge in [0.2, 0.25) is 0 Å². The quantitative estimate of drug-likeness (QED) is 0.815. The number of benzene rings is 1. The third-order valence-electron chi connectivity index (χ3n) is 4.15. The fourth-order valence-corrected chi connectivity index (χ4v) is 2.73. The van der Waals surface area contributed by atoms with Gasteiger partial charge in [0.1, 0.15) is 5.75 Å². The van der Waals surface area contributed by atoms with Crippen molar-refractivity contribution in [3.63, 3.8) is 0 Å². The first-order valence-electron chi connectivity index (χ1n) is 7.17. The summed E-state index contributed by atoms with van der Waals surface area (Å²) >= 11 is 0. The van der Waals surface area contributed by atoms with E-state index < -0.39 is 0 Å². The maximum atomic E-state index is 12.7. The molecule has 2 aliphatic heterocycles. The number of ether oxygens (including phenoxy) is 1. The van der Waals surface area contributed by atoms with Crippen LogP contribution in [-0.2, 0) is 4.79 Å². The highest BCUT2D eigenvalue weighted by Crippen LogP contribution is 2.29. The van der Waals surface area contributed by atoms with Gasteiger partial charge in [0.15, 0.2) is 6.61 Å². The van der Waals surface area contributed by atoms with Crippen LogP contribution in [0.3, 0.4) is 0 Å². The number of halogens is 1. The van der Waals surface area contributed by atoms with Gasteiger partial charge in [-0.2, -0.15) is 0 Å². The lowest BCUT2D eigenvalue weighted by atomic mass is 10.0. The third kappa shape index (κ3) is 3.03. The van der Waals surface area contributed by atoms with Gasteiger partial charge in [0.05, 0.1) is 5.69 Å². The summed E-state index contributed by atoms with van der Waals surface area (Å²) in [5.41, 5.74) is 1.13. The number of rotatable bonds is 1. The summed E-state index contributed by atoms with van der Waals surface area (Å²) in [5.74, 6) is 0.391. The minimum absolute atomic E-state index is 0. The highest BCUT2D eigenvalue weighted by atomic mass is 35.5. The van der Waals surface area contributed by atoms with Gasteiger partial charge < -0.3 is 20.3 Å². The first-order valence-corrected chi connectivity index (χ1v) is 7.17. The largest absolute Gasteiger partial charge is 0.482 e. The first-order chi connectivity index (χ1) is 10.1. The van der Waals surface area contributed by atoms with E-state index in [1.54, 1.807) is 18.2 Å². The Balaban J connectivity index is 0.00000176. The number of hydrogen-bond acceptors (Lipinski definition) is 4. The Morgan fingerprint density at radius 2 is 2.14 bits per heavy atom. The van der Waals surface area contributed by atoms with Crippen molar-refractivity contribution in [3.05, 3.63) is 23.8 Å². The maximum Gasteiger partial charge on any atom is 0.262 e. The van der Waals surface area contributed by atoms with Crippen molar-refractivity contribution in [2.75, 3.05) is 25.0 Å². The fourth-order valence-electron chi connectivity index (χ4n) is 2.73. The molecule has 7 heteroatoms. The monoisotopic (exact) mass is 325 g/mol. The summed E-state index contributed by atoms with van der Waals surface area (Å²) in [6.07, 6.45) is 0. The Hall–Kier alpha value is -1.79. The van der Waals surface area contributed by atoms with Crippen molar-refractivity contribution in [1.82, 2.24) is 10.2 Å². The molecule has 0 radical (unpaired) electrons. The minimum Gasteiger partial charge on any atom is -0.482 e. The average molecular weight is 326 g/mol. The minimum atomic E-state index is -0.198. The van der Waals surface area contributed by atoms with Crippen molar-refractivity contribution in [2.24, 2.45) is 0 Å². The van der Waals surface area contributed by atoms with Crippen molar-refractivity contribution in [1.29, 1.82) is 0 Å². The van der Waals surface area contributed by atoms with Crippen LogP contribution in [0.25, 0.3) is 0 Å². The molecule has 3 rings (SSSR count). The molecule has 0 saturated carbocycles. The number of amides is 2. The lowest BCUT2D eigenvalue weighted by Crippen LogP contribution is -2.57. The number of hydrogen-bond donors (Lipinski definition) is 2. The second-order valence-corrected chi connectivity index (χ2v) is 5.53. The van der Waals surface area contributed by atoms with Gasteiger partial charge in [-0.15, -0.1) is 12.4 Å². The molecular formula is C15H20ClN3O3. The normalized spacial score (nSPS) is 23.7. The number of fused-ring (bicyclic) bond motifs is 1. The molecule has 0 spiro atoms. The second kappa shape index (κ2) is 6.54. The van der Waals surface area contributed by atoms with Gasteiger partial charge in [-0.3, -0.25) is 9.59 Å². The van der Waals surface area contributed by atoms with Crippen LogP contribution in [0.15, 0.2) is 18.2 Å². The van der Waals surface area contributed by atoms with Gasteiger partial charge in [-0.05, 0) is 32.0 Å². The molecule has 120 valence electrons. The number of nitrogens with zero attached hydrogens (tertiary/aromatic N) is 1. The van der Waals surface area contributed by atoms with Crippen LogP contribution >= 0.6 is 12.4 Å². The van der Waals surface area contributed by atoms with Crippen molar-refractivity contribution in [3.8, 4) is 5.75 Å². The summed E-state index contributed by atoms with van der Waals surface area (Å²) in [7, 11) is 0. The van der Waals surface area contributed by atoms with Crippen LogP contribution in [0, 0.1) is 0 Å². The van der Waals surface area contributed by atoms with Crippen LogP contribution in [0.1, 0.15) is 24.2 Å². The molecule has 2 atom stereocenters. The number of piperazine rings is 1. The summed E-state index contributed by atoms with van der Waals surface area (Å²) in [4.78, 5) is 25.9. The van der Waals surface area contributed by atoms with Gasteiger partial charge in [-0.25, -0.2) is 0 Å². The molecule has 1 aromatic carbocycles. The van der Waals surface area contributed by atoms with E-state index in [4.69, 9.17) is 4.74 Å². The predicted molar refractivity (Wildman–Crippen MR) is 85.8 cm³/mol. The fraction of sp³-hybridized carbons (Fsp3) is 0.467. The topological polar surface area (TPSA) is 70.7 Å². The lowest BCUT2D eigenvalue weighted by molar-refractivity contribution is -0.118. The lowest BCUT2D eigenvalue weighted by Gasteiger charge is -2.38. The van der Waals surface area contributed by atoms with E-state index in [2.05, 4.69) is 17.6 Å². The second-order valence-electron chi connectivity index (χ2n) is 5.53. The third-order valence-corrected chi connectivity index (χ3v) is 4.15. The van der Waals surface area contributed by atoms with Crippen LogP contribution in [0.5, 0.6) is 5.75 Å². The Labute approximate surface area is 135 Å². The molecule has 1 aromatic rings. The van der Waals surface area contributed by atoms with Crippen LogP contribution in [0.2, 0.25) is 0 Å². The SMILES string of the molecule is CC1NCCN(C(=O)c2ccc3c(c2)NC(=O)CO3)C1C.Cl. The van der Waals surface area contributed by atoms with E-state index in [0.717, 1.165) is 6.54 Å². The Kier molecular flexibility index (Phi) is 4.93. The van der Waals surface area contributed by atoms with Crippen LogP contribution < -0.4 is 15.4 Å². The van der Waals surface area contributed by atoms with Gasteiger partial charge in [-0.1, -0.05) is 0 Å². The van der Waals surface area contributed by atoms with Crippen LogP contribution in [-0.4, -0.2) is 48.5 Å². The van der Waals surface area contributed by atoms with Crippen LogP contribution in [0.4, 0.5) is 5.69 Å². The molecule has 2 amide bonds. The average Bonchev–Trinajstić information content (AvgIpc) is 2.48. The van der Waals surface area contributed by atoms with Crippen molar-refractivity contribution in [2.45, 2.75) is 25.9 Å². The summed E-state index contributed by atoms with van der Waals surface area (Å²) in [6, 6.07) is 5.57. The molecule has 6 nitrogen and oxygen atoms in total. The van der Waals surface area contributed by atoms with Gasteiger partial charge >= 0.3 is 0 Å². The van der Waals surface area contributed by atoms with E-state index in [0.29, 0.717) is 23.5 Å². The summed E-state index contributed by atoms with van der Waals surface area (Å²) in [5, 5.41) is 6.08. The summed E-state index contributed by atoms with van der Waals surface area (Å²) < 4.78 is 5.31. The molecule has 2 unspecified atom stereocenters. The van der Waals surface area contributed by atoms with E-state index >= 15 is 0 Å². The maximum absolute atomic E-state index is 12.7. The zero-order valence-electron chi connectivity index (χ0n) is 12.6. The Morgan fingerprint density at radius 3 is 2.91 bits per heavy atom. The molecule has 2 heterocycles. The number of nitrogens with one attached hydrogen (secondary N) is 2. The molecular weight excluding hydrogens is 306 g/mol. The molecule has 22 heavy (non-hydrogen) atoms. The smallest absolute Gasteiger partial charge is 0.262 e. The Morgan fingerprint density at radius 1 is 1.36 bits per heavy atom. The van der Waals surface area contributed by atoms with Gasteiger partial charge in [0, 0.05) is 30.7 Å². The van der Waals surface area contributed by atoms with Crippen molar-refractivity contribution < 1.29 is 14.3 Å². The molecule has 1 fully saturated rings. The molecule has 2 N–H and O–H groups in total. The molecule has 0 aromatic heterocycles. The van der Waals surface area contributed by atoms with Gasteiger partial charge in [0.25, 0.3) is 11.8 Å². The van der Waals surface area contributed by atoms with Crippen molar-refractivity contribution >= 4 is 29.9 Å². The number of carbonyl (C=O) groups excluding carboxylic acids is 2. The van der Waals surface area contributed by atoms with E-state index in [-0.39, 0.29) is 42.9 Å². The van der Waals surface area contributed by atoms with E-state index in [9.17, 15) is 9.59 Å². The highest BCUT2D eigenvalue weighted by Gasteiger charge is 2.29. The Bertz CT molecular complexity index is 593. The highest BCUT2D eigenvalue weighted by molar-refractivity contribution is 6.00. The summed E-state index contributed by atoms with van der Waals surface area (Å²) in [6.45, 7) is 5.61.